The van der Waals surface area contributed by atoms with Crippen molar-refractivity contribution in [3.05, 3.63) is 12.2 Å². The van der Waals surface area contributed by atoms with E-state index in [0.717, 1.165) is 18.1 Å². The third kappa shape index (κ3) is 2.55. The number of nitrogens with zero attached hydrogens (tertiary/aromatic N) is 4. The van der Waals surface area contributed by atoms with Crippen LogP contribution in [0.3, 0.4) is 0 Å². The molecule has 0 bridgehead atoms. The molecule has 0 atom stereocenters. The van der Waals surface area contributed by atoms with Crippen LogP contribution < -0.4 is 0 Å². The molecule has 64 valence electrons. The molecule has 0 N–H and O–H groups in total. The van der Waals surface area contributed by atoms with Gasteiger partial charge < -0.3 is 0 Å². The summed E-state index contributed by atoms with van der Waals surface area (Å²) in [5.74, 6) is 2.38. The fourth-order valence-corrected chi connectivity index (χ4v) is 1.36. The van der Waals surface area contributed by atoms with Gasteiger partial charge >= 0.3 is 0 Å². The highest BCUT2D eigenvalue weighted by Gasteiger charge is 1.97. The minimum atomic E-state index is 0.247. The van der Waals surface area contributed by atoms with E-state index in [1.54, 1.807) is 11.0 Å². The maximum absolute atomic E-state index is 8.43. The van der Waals surface area contributed by atoms with Crippen molar-refractivity contribution in [1.82, 2.24) is 14.8 Å². The monoisotopic (exact) mass is 182 g/mol. The second-order valence-corrected chi connectivity index (χ2v) is 3.53. The van der Waals surface area contributed by atoms with Gasteiger partial charge in [0.1, 0.15) is 12.4 Å². The summed E-state index contributed by atoms with van der Waals surface area (Å²) in [7, 11) is 0. The van der Waals surface area contributed by atoms with Crippen LogP contribution in [0, 0.1) is 11.3 Å². The SMILES string of the molecule is CCSCCn1cnc(C#N)n1. The van der Waals surface area contributed by atoms with Gasteiger partial charge in [-0.05, 0) is 5.75 Å². The van der Waals surface area contributed by atoms with E-state index in [9.17, 15) is 0 Å². The Morgan fingerprint density at radius 1 is 1.75 bits per heavy atom. The van der Waals surface area contributed by atoms with Gasteiger partial charge in [-0.3, -0.25) is 4.68 Å². The molecule has 0 saturated carbocycles. The van der Waals surface area contributed by atoms with Crippen molar-refractivity contribution in [1.29, 1.82) is 5.26 Å². The molecule has 1 aromatic heterocycles. The summed E-state index contributed by atoms with van der Waals surface area (Å²) in [5.41, 5.74) is 0. The van der Waals surface area contributed by atoms with Crippen LogP contribution in [0.1, 0.15) is 12.7 Å². The predicted molar refractivity (Wildman–Crippen MR) is 47.7 cm³/mol. The predicted octanol–water partition coefficient (Wildman–Crippen LogP) is 0.903. The van der Waals surface area contributed by atoms with E-state index in [-0.39, 0.29) is 5.82 Å². The largest absolute Gasteiger partial charge is 0.252 e. The van der Waals surface area contributed by atoms with E-state index in [0.29, 0.717) is 0 Å². The summed E-state index contributed by atoms with van der Waals surface area (Å²) in [4.78, 5) is 3.79. The normalized spacial score (nSPS) is 9.67. The van der Waals surface area contributed by atoms with E-state index in [1.807, 2.05) is 17.8 Å². The van der Waals surface area contributed by atoms with Gasteiger partial charge in [-0.15, -0.1) is 5.10 Å². The molecule has 12 heavy (non-hydrogen) atoms. The number of rotatable bonds is 4. The van der Waals surface area contributed by atoms with Crippen molar-refractivity contribution in [2.75, 3.05) is 11.5 Å². The first kappa shape index (κ1) is 9.07. The van der Waals surface area contributed by atoms with Crippen LogP contribution in [0.2, 0.25) is 0 Å². The third-order valence-corrected chi connectivity index (χ3v) is 2.18. The summed E-state index contributed by atoms with van der Waals surface area (Å²) >= 11 is 1.85. The van der Waals surface area contributed by atoms with Gasteiger partial charge in [0.15, 0.2) is 0 Å². The second-order valence-electron chi connectivity index (χ2n) is 2.14. The van der Waals surface area contributed by atoms with E-state index in [4.69, 9.17) is 5.26 Å². The second kappa shape index (κ2) is 4.78. The minimum Gasteiger partial charge on any atom is -0.251 e. The molecule has 0 spiro atoms. The molecule has 1 heterocycles. The number of thioether (sulfide) groups is 1. The highest BCUT2D eigenvalue weighted by Crippen LogP contribution is 1.99. The molecule has 1 aromatic rings. The molecule has 0 amide bonds. The topological polar surface area (TPSA) is 54.5 Å². The molecule has 0 unspecified atom stereocenters. The highest BCUT2D eigenvalue weighted by molar-refractivity contribution is 7.99. The van der Waals surface area contributed by atoms with E-state index in [2.05, 4.69) is 17.0 Å². The molecule has 0 aromatic carbocycles. The van der Waals surface area contributed by atoms with Gasteiger partial charge in [0.2, 0.25) is 0 Å². The van der Waals surface area contributed by atoms with Crippen LogP contribution in [0.25, 0.3) is 0 Å². The Bertz CT molecular complexity index is 275. The van der Waals surface area contributed by atoms with E-state index < -0.39 is 0 Å². The molecule has 0 aliphatic heterocycles. The summed E-state index contributed by atoms with van der Waals surface area (Å²) in [5, 5.41) is 12.4. The number of hydrogen-bond acceptors (Lipinski definition) is 4. The molecular formula is C7H10N4S. The first-order chi connectivity index (χ1) is 5.86. The van der Waals surface area contributed by atoms with Gasteiger partial charge in [-0.25, -0.2) is 4.98 Å². The average molecular weight is 182 g/mol. The maximum Gasteiger partial charge on any atom is 0.252 e. The maximum atomic E-state index is 8.43. The van der Waals surface area contributed by atoms with E-state index >= 15 is 0 Å². The number of hydrogen-bond donors (Lipinski definition) is 0. The molecule has 0 aliphatic rings. The van der Waals surface area contributed by atoms with E-state index in [1.165, 1.54) is 0 Å². The van der Waals surface area contributed by atoms with Crippen molar-refractivity contribution < 1.29 is 0 Å². The van der Waals surface area contributed by atoms with Gasteiger partial charge in [-0.1, -0.05) is 6.92 Å². The van der Waals surface area contributed by atoms with Gasteiger partial charge in [-0.2, -0.15) is 17.0 Å². The lowest BCUT2D eigenvalue weighted by atomic mass is 10.7. The van der Waals surface area contributed by atoms with Crippen LogP contribution >= 0.6 is 11.8 Å². The molecule has 0 aliphatic carbocycles. The molecule has 0 fully saturated rings. The first-order valence-electron chi connectivity index (χ1n) is 3.74. The fourth-order valence-electron chi connectivity index (χ4n) is 0.756. The zero-order valence-electron chi connectivity index (χ0n) is 6.90. The van der Waals surface area contributed by atoms with Crippen LogP contribution in [0.5, 0.6) is 0 Å². The lowest BCUT2D eigenvalue weighted by molar-refractivity contribution is 0.662. The third-order valence-electron chi connectivity index (χ3n) is 1.31. The minimum absolute atomic E-state index is 0.247. The average Bonchev–Trinajstić information content (AvgIpc) is 2.53. The Hall–Kier alpha value is -1.02. The van der Waals surface area contributed by atoms with Crippen LogP contribution in [0.4, 0.5) is 0 Å². The smallest absolute Gasteiger partial charge is 0.251 e. The standard InChI is InChI=1S/C7H10N4S/c1-2-12-4-3-11-6-9-7(5-8)10-11/h6H,2-4H2,1H3. The zero-order chi connectivity index (χ0) is 8.81. The Balaban J connectivity index is 2.38. The Labute approximate surface area is 75.6 Å². The van der Waals surface area contributed by atoms with Crippen molar-refractivity contribution in [2.24, 2.45) is 0 Å². The highest BCUT2D eigenvalue weighted by atomic mass is 32.2. The van der Waals surface area contributed by atoms with Crippen molar-refractivity contribution in [3.8, 4) is 6.07 Å². The van der Waals surface area contributed by atoms with Crippen molar-refractivity contribution in [2.45, 2.75) is 13.5 Å². The van der Waals surface area contributed by atoms with Crippen LogP contribution in [-0.4, -0.2) is 26.3 Å². The molecular weight excluding hydrogens is 172 g/mol. The molecule has 4 nitrogen and oxygen atoms in total. The molecule has 5 heteroatoms. The summed E-state index contributed by atoms with van der Waals surface area (Å²) in [6, 6.07) is 1.89. The summed E-state index contributed by atoms with van der Waals surface area (Å²) in [6.45, 7) is 2.94. The molecule has 0 radical (unpaired) electrons. The van der Waals surface area contributed by atoms with Gasteiger partial charge in [0.05, 0.1) is 6.54 Å². The van der Waals surface area contributed by atoms with Crippen LogP contribution in [-0.2, 0) is 6.54 Å². The Kier molecular flexibility index (Phi) is 3.61. The van der Waals surface area contributed by atoms with Crippen LogP contribution in [0.15, 0.2) is 6.33 Å². The number of nitriles is 1. The molecule has 1 rings (SSSR count). The van der Waals surface area contributed by atoms with Crippen molar-refractivity contribution in [3.63, 3.8) is 0 Å². The summed E-state index contributed by atoms with van der Waals surface area (Å²) < 4.78 is 1.70. The Morgan fingerprint density at radius 3 is 3.17 bits per heavy atom. The van der Waals surface area contributed by atoms with Crippen molar-refractivity contribution >= 4 is 11.8 Å². The quantitative estimate of drug-likeness (QED) is 0.649. The first-order valence-corrected chi connectivity index (χ1v) is 4.89. The Morgan fingerprint density at radius 2 is 2.58 bits per heavy atom. The molecule has 0 saturated heterocycles. The van der Waals surface area contributed by atoms with Gasteiger partial charge in [0.25, 0.3) is 5.82 Å². The number of aryl methyl sites for hydroxylation is 1. The fraction of sp³-hybridized carbons (Fsp3) is 0.571. The summed E-state index contributed by atoms with van der Waals surface area (Å²) in [6.07, 6.45) is 1.59. The lowest BCUT2D eigenvalue weighted by Gasteiger charge is -1.96. The lowest BCUT2D eigenvalue weighted by Crippen LogP contribution is -2.01. The zero-order valence-corrected chi connectivity index (χ0v) is 7.71. The van der Waals surface area contributed by atoms with Gasteiger partial charge in [0, 0.05) is 5.75 Å². The number of aromatic nitrogens is 3.